The van der Waals surface area contributed by atoms with E-state index in [9.17, 15) is 18.4 Å². The van der Waals surface area contributed by atoms with Crippen LogP contribution in [-0.2, 0) is 4.79 Å². The molecule has 0 bridgehead atoms. The number of halogens is 2. The number of hydrogen-bond acceptors (Lipinski definition) is 3. The van der Waals surface area contributed by atoms with Crippen molar-refractivity contribution in [3.63, 3.8) is 0 Å². The smallest absolute Gasteiger partial charge is 0.321 e. The largest absolute Gasteiger partial charge is 0.342 e. The van der Waals surface area contributed by atoms with E-state index in [4.69, 9.17) is 12.8 Å². The molecule has 1 saturated heterocycles. The van der Waals surface area contributed by atoms with Crippen LogP contribution in [0.25, 0.3) is 11.3 Å². The highest BCUT2D eigenvalue weighted by molar-refractivity contribution is 5.89. The second kappa shape index (κ2) is 14.7. The maximum atomic E-state index is 13.9. The van der Waals surface area contributed by atoms with E-state index in [0.717, 1.165) is 31.0 Å². The molecule has 38 heavy (non-hydrogen) atoms. The molecule has 0 spiro atoms. The fourth-order valence-corrected chi connectivity index (χ4v) is 3.67. The highest BCUT2D eigenvalue weighted by Crippen LogP contribution is 2.23. The highest BCUT2D eigenvalue weighted by Gasteiger charge is 2.28. The molecule has 6 nitrogen and oxygen atoms in total. The van der Waals surface area contributed by atoms with Gasteiger partial charge >= 0.3 is 6.03 Å². The summed E-state index contributed by atoms with van der Waals surface area (Å²) in [6.07, 6.45) is 12.4. The van der Waals surface area contributed by atoms with Crippen molar-refractivity contribution in [2.45, 2.75) is 32.7 Å². The average molecular weight is 515 g/mol. The zero-order chi connectivity index (χ0) is 28.1. The van der Waals surface area contributed by atoms with Crippen molar-refractivity contribution in [3.05, 3.63) is 48.2 Å². The summed E-state index contributed by atoms with van der Waals surface area (Å²) in [6, 6.07) is 6.07. The lowest BCUT2D eigenvalue weighted by atomic mass is 10.0. The van der Waals surface area contributed by atoms with Gasteiger partial charge in [0.25, 0.3) is 0 Å². The molecule has 2 heterocycles. The molecule has 1 aromatic heterocycles. The van der Waals surface area contributed by atoms with Crippen LogP contribution in [-0.4, -0.2) is 52.9 Å². The third kappa shape index (κ3) is 8.70. The van der Waals surface area contributed by atoms with Gasteiger partial charge in [-0.1, -0.05) is 13.8 Å². The second-order valence-electron chi connectivity index (χ2n) is 8.60. The van der Waals surface area contributed by atoms with E-state index in [1.54, 1.807) is 18.0 Å². The van der Waals surface area contributed by atoms with Crippen LogP contribution in [0.1, 0.15) is 26.7 Å². The Hall–Kier alpha value is -4.79. The number of anilines is 1. The van der Waals surface area contributed by atoms with Gasteiger partial charge in [0.2, 0.25) is 5.91 Å². The van der Waals surface area contributed by atoms with Crippen LogP contribution in [0.2, 0.25) is 0 Å². The SMILES string of the molecule is C#CC#CC#CC#C.CC(C)C(=O)N1CCC(N(C)C(=O)Nc2ccc(-c3cc(F)ccc3F)nc2)CC1. The summed E-state index contributed by atoms with van der Waals surface area (Å²) < 4.78 is 27.3. The molecule has 1 aliphatic rings. The molecule has 8 heteroatoms. The number of amides is 3. The molecule has 0 saturated carbocycles. The lowest BCUT2D eigenvalue weighted by molar-refractivity contribution is -0.135. The monoisotopic (exact) mass is 514 g/mol. The maximum absolute atomic E-state index is 13.9. The average Bonchev–Trinajstić information content (AvgIpc) is 2.92. The van der Waals surface area contributed by atoms with E-state index >= 15 is 0 Å². The zero-order valence-electron chi connectivity index (χ0n) is 21.5. The predicted octanol–water partition coefficient (Wildman–Crippen LogP) is 4.40. The van der Waals surface area contributed by atoms with Crippen LogP contribution < -0.4 is 5.32 Å². The Balaban J connectivity index is 0.000000550. The predicted molar refractivity (Wildman–Crippen MR) is 144 cm³/mol. The van der Waals surface area contributed by atoms with Gasteiger partial charge in [0.1, 0.15) is 11.6 Å². The Morgan fingerprint density at radius 3 is 2.21 bits per heavy atom. The number of terminal acetylenes is 2. The molecule has 194 valence electrons. The summed E-state index contributed by atoms with van der Waals surface area (Å²) in [4.78, 5) is 32.3. The lowest BCUT2D eigenvalue weighted by Crippen LogP contribution is -2.49. The minimum Gasteiger partial charge on any atom is -0.342 e. The third-order valence-electron chi connectivity index (χ3n) is 5.69. The van der Waals surface area contributed by atoms with Crippen LogP contribution in [0.5, 0.6) is 0 Å². The number of urea groups is 1. The number of aromatic nitrogens is 1. The highest BCUT2D eigenvalue weighted by atomic mass is 19.1. The third-order valence-corrected chi connectivity index (χ3v) is 5.69. The van der Waals surface area contributed by atoms with Gasteiger partial charge in [-0.3, -0.25) is 9.78 Å². The number of pyridine rings is 1. The van der Waals surface area contributed by atoms with E-state index in [1.807, 2.05) is 18.7 Å². The van der Waals surface area contributed by atoms with Gasteiger partial charge in [-0.05, 0) is 78.7 Å². The molecule has 3 rings (SSSR count). The molecule has 2 aromatic rings. The van der Waals surface area contributed by atoms with Crippen LogP contribution >= 0.6 is 0 Å². The van der Waals surface area contributed by atoms with Gasteiger partial charge in [-0.25, -0.2) is 13.6 Å². The summed E-state index contributed by atoms with van der Waals surface area (Å²) >= 11 is 0. The molecule has 1 aromatic carbocycles. The normalized spacial score (nSPS) is 12.3. The molecular formula is C30H28F2N4O2. The molecule has 0 radical (unpaired) electrons. The first-order valence-corrected chi connectivity index (χ1v) is 11.8. The Kier molecular flexibility index (Phi) is 11.4. The molecule has 1 aliphatic heterocycles. The van der Waals surface area contributed by atoms with Crippen molar-refractivity contribution >= 4 is 17.6 Å². The number of rotatable bonds is 4. The van der Waals surface area contributed by atoms with Crippen molar-refractivity contribution in [2.24, 2.45) is 5.92 Å². The molecule has 0 unspecified atom stereocenters. The second-order valence-corrected chi connectivity index (χ2v) is 8.60. The van der Waals surface area contributed by atoms with Crippen molar-refractivity contribution in [1.29, 1.82) is 0 Å². The first-order valence-electron chi connectivity index (χ1n) is 11.8. The standard InChI is InChI=1S/C22H26F2N4O2.C8H2/c1-14(2)21(29)28-10-8-17(9-11-28)27(3)22(30)26-16-5-7-20(25-13-16)18-12-15(23)4-6-19(18)24;1-3-5-7-8-6-4-2/h4-7,12-14,17H,8-11H2,1-3H3,(H,26,30);1-2H. The van der Waals surface area contributed by atoms with Crippen LogP contribution in [0.4, 0.5) is 19.3 Å². The molecule has 1 N–H and O–H groups in total. The summed E-state index contributed by atoms with van der Waals surface area (Å²) in [5.41, 5.74) is 0.799. The molecule has 0 atom stereocenters. The molecule has 3 amide bonds. The Morgan fingerprint density at radius 2 is 1.68 bits per heavy atom. The maximum Gasteiger partial charge on any atom is 0.321 e. The Labute approximate surface area is 222 Å². The van der Waals surface area contributed by atoms with Crippen molar-refractivity contribution < 1.29 is 18.4 Å². The number of benzene rings is 1. The summed E-state index contributed by atoms with van der Waals surface area (Å²) in [6.45, 7) is 5.04. The minimum absolute atomic E-state index is 0.0288. The van der Waals surface area contributed by atoms with Crippen LogP contribution in [0.15, 0.2) is 36.5 Å². The van der Waals surface area contributed by atoms with Crippen molar-refractivity contribution in [1.82, 2.24) is 14.8 Å². The number of nitrogens with one attached hydrogen (secondary N) is 1. The minimum atomic E-state index is -0.567. The summed E-state index contributed by atoms with van der Waals surface area (Å²) in [7, 11) is 1.73. The van der Waals surface area contributed by atoms with E-state index in [1.165, 1.54) is 12.3 Å². The molecule has 0 aliphatic carbocycles. The number of hydrogen-bond donors (Lipinski definition) is 1. The van der Waals surface area contributed by atoms with Crippen LogP contribution in [0, 0.1) is 65.9 Å². The zero-order valence-corrected chi connectivity index (χ0v) is 21.5. The fraction of sp³-hybridized carbons (Fsp3) is 0.300. The van der Waals surface area contributed by atoms with E-state index in [-0.39, 0.29) is 35.2 Å². The number of carbonyl (C=O) groups is 2. The number of piperidine rings is 1. The first kappa shape index (κ1) is 29.4. The van der Waals surface area contributed by atoms with E-state index in [2.05, 4.69) is 45.8 Å². The van der Waals surface area contributed by atoms with Gasteiger partial charge in [-0.15, -0.1) is 12.8 Å². The number of likely N-dealkylation sites (tertiary alicyclic amines) is 1. The van der Waals surface area contributed by atoms with Gasteiger partial charge in [0.15, 0.2) is 0 Å². The van der Waals surface area contributed by atoms with E-state index < -0.39 is 11.6 Å². The van der Waals surface area contributed by atoms with Crippen molar-refractivity contribution in [3.8, 4) is 59.6 Å². The summed E-state index contributed by atoms with van der Waals surface area (Å²) in [5.74, 6) is 12.5. The van der Waals surface area contributed by atoms with E-state index in [0.29, 0.717) is 18.8 Å². The Morgan fingerprint density at radius 1 is 1.05 bits per heavy atom. The van der Waals surface area contributed by atoms with Gasteiger partial charge in [0, 0.05) is 37.7 Å². The first-order chi connectivity index (χ1) is 18.2. The number of carbonyl (C=O) groups excluding carboxylic acids is 2. The quantitative estimate of drug-likeness (QED) is 0.616. The van der Waals surface area contributed by atoms with Gasteiger partial charge in [0.05, 0.1) is 17.6 Å². The Bertz CT molecular complexity index is 1310. The van der Waals surface area contributed by atoms with Gasteiger partial charge < -0.3 is 15.1 Å². The topological polar surface area (TPSA) is 65.5 Å². The lowest BCUT2D eigenvalue weighted by Gasteiger charge is -2.37. The molecule has 1 fully saturated rings. The fourth-order valence-electron chi connectivity index (χ4n) is 3.67. The van der Waals surface area contributed by atoms with Gasteiger partial charge in [-0.2, -0.15) is 0 Å². The summed E-state index contributed by atoms with van der Waals surface area (Å²) in [5, 5.41) is 2.77. The van der Waals surface area contributed by atoms with Crippen LogP contribution in [0.3, 0.4) is 0 Å². The molecular weight excluding hydrogens is 486 g/mol. The number of nitrogens with zero attached hydrogens (tertiary/aromatic N) is 3. The van der Waals surface area contributed by atoms with Crippen molar-refractivity contribution in [2.75, 3.05) is 25.5 Å².